The molecule has 0 aromatic rings. The van der Waals surface area contributed by atoms with Gasteiger partial charge in [-0.25, -0.2) is 5.11 Å². The predicted molar refractivity (Wildman–Crippen MR) is 33.1 cm³/mol. The molecule has 0 aliphatic heterocycles. The smallest absolute Gasteiger partial charge is 0.143 e. The Bertz CT molecular complexity index is 47.8. The zero-order valence-electron chi connectivity index (χ0n) is 5.61. The highest BCUT2D eigenvalue weighted by molar-refractivity contribution is 4.46. The number of rotatable bonds is 4. The third-order valence-electron chi connectivity index (χ3n) is 0.993. The van der Waals surface area contributed by atoms with Crippen molar-refractivity contribution >= 4 is 0 Å². The Morgan fingerprint density at radius 1 is 1.50 bits per heavy atom. The van der Waals surface area contributed by atoms with Crippen LogP contribution in [0.3, 0.4) is 0 Å². The molecule has 0 spiro atoms. The van der Waals surface area contributed by atoms with Gasteiger partial charge in [0.15, 0.2) is 0 Å². The minimum absolute atomic E-state index is 0.546. The van der Waals surface area contributed by atoms with Crippen molar-refractivity contribution in [2.45, 2.75) is 32.9 Å². The number of hydrogen-bond donors (Lipinski definition) is 1. The fourth-order valence-electron chi connectivity index (χ4n) is 0.450. The zero-order valence-corrected chi connectivity index (χ0v) is 5.61. The summed E-state index contributed by atoms with van der Waals surface area (Å²) in [6.07, 6.45) is 1.17. The summed E-state index contributed by atoms with van der Waals surface area (Å²) in [5.74, 6) is 0. The minimum Gasteiger partial charge on any atom is -0.290 e. The van der Waals surface area contributed by atoms with Crippen LogP contribution in [0, 0.1) is 0 Å². The third-order valence-corrected chi connectivity index (χ3v) is 0.993. The Morgan fingerprint density at radius 3 is 2.50 bits per heavy atom. The van der Waals surface area contributed by atoms with Gasteiger partial charge in [0.2, 0.25) is 0 Å². The van der Waals surface area contributed by atoms with E-state index in [1.807, 2.05) is 6.92 Å². The fraction of sp³-hybridized carbons (Fsp3) is 1.00. The van der Waals surface area contributed by atoms with Gasteiger partial charge in [0.05, 0.1) is 0 Å². The molecular weight excluding hydrogens is 102 g/mol. The molecule has 0 saturated carbocycles. The second-order valence-corrected chi connectivity index (χ2v) is 1.85. The van der Waals surface area contributed by atoms with Crippen molar-refractivity contribution in [3.8, 4) is 0 Å². The molecule has 0 amide bonds. The van der Waals surface area contributed by atoms with E-state index in [2.05, 4.69) is 12.2 Å². The topological polar surface area (TPSA) is 31.9 Å². The molecule has 0 heterocycles. The van der Waals surface area contributed by atoms with E-state index in [-0.39, 0.29) is 0 Å². The van der Waals surface area contributed by atoms with E-state index in [4.69, 9.17) is 0 Å². The highest BCUT2D eigenvalue weighted by Gasteiger charge is 1.96. The molecule has 0 bridgehead atoms. The highest BCUT2D eigenvalue weighted by Crippen LogP contribution is 1.83. The lowest BCUT2D eigenvalue weighted by molar-refractivity contribution is 0.0562. The van der Waals surface area contributed by atoms with Gasteiger partial charge in [-0.3, -0.25) is 5.32 Å². The van der Waals surface area contributed by atoms with Gasteiger partial charge in [0.25, 0.3) is 0 Å². The lowest BCUT2D eigenvalue weighted by Gasteiger charge is -2.04. The van der Waals surface area contributed by atoms with Crippen molar-refractivity contribution in [3.63, 3.8) is 0 Å². The van der Waals surface area contributed by atoms with Crippen LogP contribution in [0.4, 0.5) is 0 Å². The van der Waals surface area contributed by atoms with Crippen molar-refractivity contribution in [1.82, 2.24) is 5.32 Å². The van der Waals surface area contributed by atoms with Gasteiger partial charge in [0.1, 0.15) is 6.23 Å². The monoisotopic (exact) mass is 116 g/mol. The maximum Gasteiger partial charge on any atom is 0.143 e. The van der Waals surface area contributed by atoms with Crippen molar-refractivity contribution < 1.29 is 5.11 Å². The van der Waals surface area contributed by atoms with E-state index in [0.717, 1.165) is 13.0 Å². The molecule has 0 rings (SSSR count). The van der Waals surface area contributed by atoms with E-state index in [1.54, 1.807) is 0 Å². The van der Waals surface area contributed by atoms with Crippen molar-refractivity contribution in [3.05, 3.63) is 0 Å². The Kier molecular flexibility index (Phi) is 5.01. The fourth-order valence-corrected chi connectivity index (χ4v) is 0.450. The molecule has 8 heavy (non-hydrogen) atoms. The standard InChI is InChI=1S/C6H14NO/c1-3-5-7-6(8)4-2/h6-7H,3-5H2,1-2H3. The number of hydrogen-bond acceptors (Lipinski definition) is 1. The van der Waals surface area contributed by atoms with Crippen LogP contribution in [0.25, 0.3) is 0 Å². The van der Waals surface area contributed by atoms with Crippen LogP contribution >= 0.6 is 0 Å². The van der Waals surface area contributed by atoms with Gasteiger partial charge < -0.3 is 0 Å². The minimum atomic E-state index is -0.546. The maximum atomic E-state index is 10.5. The Morgan fingerprint density at radius 2 is 2.12 bits per heavy atom. The molecule has 2 nitrogen and oxygen atoms in total. The zero-order chi connectivity index (χ0) is 6.41. The molecule has 0 aromatic carbocycles. The van der Waals surface area contributed by atoms with Crippen LogP contribution in [0.2, 0.25) is 0 Å². The first kappa shape index (κ1) is 7.92. The summed E-state index contributed by atoms with van der Waals surface area (Å²) in [5.41, 5.74) is 0. The molecular formula is C6H14NO. The van der Waals surface area contributed by atoms with Gasteiger partial charge in [-0.1, -0.05) is 13.8 Å². The molecule has 0 aliphatic rings. The van der Waals surface area contributed by atoms with Gasteiger partial charge >= 0.3 is 0 Å². The first-order chi connectivity index (χ1) is 3.81. The average molecular weight is 116 g/mol. The Hall–Kier alpha value is -0.0800. The molecule has 1 unspecified atom stereocenters. The summed E-state index contributed by atoms with van der Waals surface area (Å²) in [6.45, 7) is 4.79. The highest BCUT2D eigenvalue weighted by atomic mass is 16.3. The van der Waals surface area contributed by atoms with E-state index in [9.17, 15) is 5.11 Å². The van der Waals surface area contributed by atoms with E-state index < -0.39 is 6.23 Å². The lowest BCUT2D eigenvalue weighted by Crippen LogP contribution is -2.26. The van der Waals surface area contributed by atoms with Crippen molar-refractivity contribution in [1.29, 1.82) is 0 Å². The van der Waals surface area contributed by atoms with Crippen LogP contribution in [0.15, 0.2) is 0 Å². The van der Waals surface area contributed by atoms with E-state index in [1.165, 1.54) is 0 Å². The molecule has 1 radical (unpaired) electrons. The molecule has 1 N–H and O–H groups in total. The van der Waals surface area contributed by atoms with Crippen LogP contribution in [-0.4, -0.2) is 12.8 Å². The van der Waals surface area contributed by atoms with Gasteiger partial charge in [-0.2, -0.15) is 0 Å². The van der Waals surface area contributed by atoms with Crippen LogP contribution < -0.4 is 5.32 Å². The molecule has 0 aromatic heterocycles. The number of nitrogens with one attached hydrogen (secondary N) is 1. The quantitative estimate of drug-likeness (QED) is 0.549. The summed E-state index contributed by atoms with van der Waals surface area (Å²) in [4.78, 5) is 0. The molecule has 0 aliphatic carbocycles. The molecule has 1 atom stereocenters. The van der Waals surface area contributed by atoms with Crippen molar-refractivity contribution in [2.75, 3.05) is 6.54 Å². The van der Waals surface area contributed by atoms with E-state index >= 15 is 0 Å². The summed E-state index contributed by atoms with van der Waals surface area (Å²) in [6, 6.07) is 0. The largest absolute Gasteiger partial charge is 0.290 e. The predicted octanol–water partition coefficient (Wildman–Crippen LogP) is 1.15. The van der Waals surface area contributed by atoms with Crippen LogP contribution in [0.1, 0.15) is 26.7 Å². The van der Waals surface area contributed by atoms with Gasteiger partial charge in [0, 0.05) is 0 Å². The van der Waals surface area contributed by atoms with E-state index in [0.29, 0.717) is 6.42 Å². The van der Waals surface area contributed by atoms with Crippen LogP contribution in [0.5, 0.6) is 0 Å². The summed E-state index contributed by atoms with van der Waals surface area (Å²) >= 11 is 0. The summed E-state index contributed by atoms with van der Waals surface area (Å²) < 4.78 is 0. The normalized spacial score (nSPS) is 13.9. The lowest BCUT2D eigenvalue weighted by atomic mass is 10.4. The molecule has 0 saturated heterocycles. The summed E-state index contributed by atoms with van der Waals surface area (Å²) in [7, 11) is 0. The molecule has 2 heteroatoms. The van der Waals surface area contributed by atoms with Crippen LogP contribution in [-0.2, 0) is 5.11 Å². The van der Waals surface area contributed by atoms with Gasteiger partial charge in [-0.15, -0.1) is 0 Å². The first-order valence-electron chi connectivity index (χ1n) is 3.20. The average Bonchev–Trinajstić information content (AvgIpc) is 1.83. The summed E-state index contributed by atoms with van der Waals surface area (Å²) in [5, 5.41) is 13.4. The first-order valence-corrected chi connectivity index (χ1v) is 3.20. The Balaban J connectivity index is 2.86. The van der Waals surface area contributed by atoms with Crippen molar-refractivity contribution in [2.24, 2.45) is 0 Å². The third kappa shape index (κ3) is 4.09. The molecule has 0 fully saturated rings. The SMILES string of the molecule is CCCNC([O])CC. The molecule has 49 valence electrons. The van der Waals surface area contributed by atoms with Gasteiger partial charge in [-0.05, 0) is 19.4 Å². The second kappa shape index (κ2) is 5.06. The second-order valence-electron chi connectivity index (χ2n) is 1.85. The Labute approximate surface area is 50.9 Å². The maximum absolute atomic E-state index is 10.5.